The monoisotopic (exact) mass is 302 g/mol. The van der Waals surface area contributed by atoms with Crippen LogP contribution in [-0.2, 0) is 11.2 Å². The molecule has 2 aliphatic rings. The molecule has 2 heterocycles. The molecule has 1 atom stereocenters. The largest absolute Gasteiger partial charge is 0.326 e. The van der Waals surface area contributed by atoms with Gasteiger partial charge in [-0.25, -0.2) is 9.69 Å². The van der Waals surface area contributed by atoms with E-state index in [-0.39, 0.29) is 11.9 Å². The first-order valence-corrected chi connectivity index (χ1v) is 7.83. The van der Waals surface area contributed by atoms with Gasteiger partial charge in [0.15, 0.2) is 0 Å². The number of piperazine rings is 1. The summed E-state index contributed by atoms with van der Waals surface area (Å²) in [6.07, 6.45) is 0.959. The lowest BCUT2D eigenvalue weighted by Gasteiger charge is -2.29. The zero-order valence-corrected chi connectivity index (χ0v) is 12.8. The first-order valence-electron chi connectivity index (χ1n) is 7.83. The number of urea groups is 1. The van der Waals surface area contributed by atoms with E-state index >= 15 is 0 Å². The maximum atomic E-state index is 12.5. The predicted molar refractivity (Wildman–Crippen MR) is 83.2 cm³/mol. The molecule has 6 heteroatoms. The van der Waals surface area contributed by atoms with Crippen LogP contribution in [0.4, 0.5) is 4.79 Å². The Morgan fingerprint density at radius 2 is 1.82 bits per heavy atom. The first-order chi connectivity index (χ1) is 10.7. The van der Waals surface area contributed by atoms with Gasteiger partial charge in [-0.15, -0.1) is 0 Å². The number of nitrogens with one attached hydrogen (secondary N) is 2. The first kappa shape index (κ1) is 15.0. The molecule has 1 unspecified atom stereocenters. The van der Waals surface area contributed by atoms with Gasteiger partial charge in [0, 0.05) is 26.2 Å². The molecule has 0 aliphatic carbocycles. The second kappa shape index (κ2) is 6.46. The molecule has 0 aromatic heterocycles. The molecule has 3 amide bonds. The quantitative estimate of drug-likeness (QED) is 0.804. The van der Waals surface area contributed by atoms with Crippen LogP contribution in [0.3, 0.4) is 0 Å². The number of nitrogens with zero attached hydrogens (tertiary/aromatic N) is 2. The van der Waals surface area contributed by atoms with E-state index < -0.39 is 6.04 Å². The summed E-state index contributed by atoms with van der Waals surface area (Å²) in [7, 11) is 0. The Morgan fingerprint density at radius 3 is 2.45 bits per heavy atom. The zero-order chi connectivity index (χ0) is 15.5. The zero-order valence-electron chi connectivity index (χ0n) is 12.8. The number of benzene rings is 1. The van der Waals surface area contributed by atoms with E-state index in [4.69, 9.17) is 0 Å². The summed E-state index contributed by atoms with van der Waals surface area (Å²) in [5.41, 5.74) is 2.07. The van der Waals surface area contributed by atoms with Crippen LogP contribution in [0.2, 0.25) is 0 Å². The van der Waals surface area contributed by atoms with E-state index in [2.05, 4.69) is 22.5 Å². The fourth-order valence-electron chi connectivity index (χ4n) is 2.88. The summed E-state index contributed by atoms with van der Waals surface area (Å²) in [6, 6.07) is 7.02. The van der Waals surface area contributed by atoms with Crippen molar-refractivity contribution in [1.29, 1.82) is 0 Å². The Labute approximate surface area is 130 Å². The molecular formula is C16H22N4O2. The molecule has 1 aromatic rings. The summed E-state index contributed by atoms with van der Waals surface area (Å²) in [5, 5.41) is 6.05. The van der Waals surface area contributed by atoms with E-state index in [9.17, 15) is 9.59 Å². The summed E-state index contributed by atoms with van der Waals surface area (Å²) in [5.74, 6) is -0.159. The number of carbonyl (C=O) groups excluding carboxylic acids is 2. The van der Waals surface area contributed by atoms with E-state index in [0.29, 0.717) is 6.67 Å². The van der Waals surface area contributed by atoms with Crippen LogP contribution in [0.25, 0.3) is 0 Å². The standard InChI is InChI=1S/C16H22N4O2/c1-2-12-3-5-13(6-4-12)14-15(21)20(16(22)18-14)11-19-9-7-17-8-10-19/h3-6,14,17H,2,7-11H2,1H3,(H,18,22). The minimum atomic E-state index is -0.554. The Morgan fingerprint density at radius 1 is 1.14 bits per heavy atom. The maximum Gasteiger partial charge on any atom is 0.326 e. The average molecular weight is 302 g/mol. The highest BCUT2D eigenvalue weighted by Gasteiger charge is 2.39. The maximum absolute atomic E-state index is 12.5. The van der Waals surface area contributed by atoms with Crippen molar-refractivity contribution >= 4 is 11.9 Å². The highest BCUT2D eigenvalue weighted by atomic mass is 16.2. The van der Waals surface area contributed by atoms with Crippen LogP contribution >= 0.6 is 0 Å². The number of hydrogen-bond acceptors (Lipinski definition) is 4. The van der Waals surface area contributed by atoms with Crippen molar-refractivity contribution in [3.05, 3.63) is 35.4 Å². The minimum absolute atomic E-state index is 0.159. The summed E-state index contributed by atoms with van der Waals surface area (Å²) >= 11 is 0. The fraction of sp³-hybridized carbons (Fsp3) is 0.500. The van der Waals surface area contributed by atoms with Crippen molar-refractivity contribution < 1.29 is 9.59 Å². The molecule has 2 N–H and O–H groups in total. The Hall–Kier alpha value is -1.92. The van der Waals surface area contributed by atoms with Crippen molar-refractivity contribution in [3.8, 4) is 0 Å². The third-order valence-corrected chi connectivity index (χ3v) is 4.30. The molecular weight excluding hydrogens is 280 g/mol. The van der Waals surface area contributed by atoms with Gasteiger partial charge < -0.3 is 10.6 Å². The second-order valence-electron chi connectivity index (χ2n) is 5.75. The van der Waals surface area contributed by atoms with E-state index in [1.54, 1.807) is 0 Å². The smallest absolute Gasteiger partial charge is 0.322 e. The molecule has 6 nitrogen and oxygen atoms in total. The molecule has 22 heavy (non-hydrogen) atoms. The Bertz CT molecular complexity index is 552. The average Bonchev–Trinajstić information content (AvgIpc) is 2.84. The third-order valence-electron chi connectivity index (χ3n) is 4.30. The molecule has 0 bridgehead atoms. The molecule has 0 spiro atoms. The molecule has 2 fully saturated rings. The van der Waals surface area contributed by atoms with Gasteiger partial charge in [0.2, 0.25) is 0 Å². The third kappa shape index (κ3) is 2.98. The summed E-state index contributed by atoms with van der Waals surface area (Å²) in [6.45, 7) is 5.96. The highest BCUT2D eigenvalue weighted by molar-refractivity contribution is 6.04. The molecule has 2 aliphatic heterocycles. The lowest BCUT2D eigenvalue weighted by atomic mass is 10.0. The normalized spacial score (nSPS) is 23.0. The van der Waals surface area contributed by atoms with Crippen molar-refractivity contribution in [2.24, 2.45) is 0 Å². The van der Waals surface area contributed by atoms with Gasteiger partial charge in [-0.05, 0) is 17.5 Å². The topological polar surface area (TPSA) is 64.7 Å². The number of hydrogen-bond donors (Lipinski definition) is 2. The number of amides is 3. The van der Waals surface area contributed by atoms with E-state index in [1.165, 1.54) is 10.5 Å². The van der Waals surface area contributed by atoms with E-state index in [0.717, 1.165) is 38.2 Å². The van der Waals surface area contributed by atoms with Gasteiger partial charge >= 0.3 is 6.03 Å². The molecule has 0 radical (unpaired) electrons. The molecule has 3 rings (SSSR count). The second-order valence-corrected chi connectivity index (χ2v) is 5.75. The number of imide groups is 1. The molecule has 118 valence electrons. The highest BCUT2D eigenvalue weighted by Crippen LogP contribution is 2.22. The fourth-order valence-corrected chi connectivity index (χ4v) is 2.88. The summed E-state index contributed by atoms with van der Waals surface area (Å²) < 4.78 is 0. The molecule has 0 saturated carbocycles. The van der Waals surface area contributed by atoms with Crippen molar-refractivity contribution in [2.75, 3.05) is 32.8 Å². The molecule has 2 saturated heterocycles. The van der Waals surface area contributed by atoms with Crippen LogP contribution in [-0.4, -0.2) is 54.6 Å². The van der Waals surface area contributed by atoms with Crippen LogP contribution < -0.4 is 10.6 Å². The number of rotatable bonds is 4. The van der Waals surface area contributed by atoms with Crippen LogP contribution in [0.15, 0.2) is 24.3 Å². The Kier molecular flexibility index (Phi) is 4.40. The number of carbonyl (C=O) groups is 2. The van der Waals surface area contributed by atoms with Gasteiger partial charge in [-0.1, -0.05) is 31.2 Å². The van der Waals surface area contributed by atoms with Gasteiger partial charge in [-0.3, -0.25) is 9.69 Å². The summed E-state index contributed by atoms with van der Waals surface area (Å²) in [4.78, 5) is 28.1. The van der Waals surface area contributed by atoms with Gasteiger partial charge in [-0.2, -0.15) is 0 Å². The SMILES string of the molecule is CCc1ccc(C2NC(=O)N(CN3CCNCC3)C2=O)cc1. The van der Waals surface area contributed by atoms with E-state index in [1.807, 2.05) is 24.3 Å². The number of aryl methyl sites for hydroxylation is 1. The predicted octanol–water partition coefficient (Wildman–Crippen LogP) is 0.705. The van der Waals surface area contributed by atoms with Crippen LogP contribution in [0.1, 0.15) is 24.1 Å². The lowest BCUT2D eigenvalue weighted by Crippen LogP contribution is -2.49. The Balaban J connectivity index is 1.69. The molecule has 1 aromatic carbocycles. The minimum Gasteiger partial charge on any atom is -0.322 e. The van der Waals surface area contributed by atoms with Crippen LogP contribution in [0, 0.1) is 0 Å². The lowest BCUT2D eigenvalue weighted by molar-refractivity contribution is -0.129. The van der Waals surface area contributed by atoms with Gasteiger partial charge in [0.05, 0.1) is 6.67 Å². The van der Waals surface area contributed by atoms with Gasteiger partial charge in [0.1, 0.15) is 6.04 Å². The van der Waals surface area contributed by atoms with Crippen LogP contribution in [0.5, 0.6) is 0 Å². The van der Waals surface area contributed by atoms with Crippen molar-refractivity contribution in [3.63, 3.8) is 0 Å². The van der Waals surface area contributed by atoms with Crippen molar-refractivity contribution in [2.45, 2.75) is 19.4 Å². The van der Waals surface area contributed by atoms with Crippen molar-refractivity contribution in [1.82, 2.24) is 20.4 Å². The van der Waals surface area contributed by atoms with Gasteiger partial charge in [0.25, 0.3) is 5.91 Å².